The maximum absolute atomic E-state index is 13.1. The number of carbonyl (C=O) groups excluding carboxylic acids is 2. The number of hydrogen-bond donors (Lipinski definition) is 0. The highest BCUT2D eigenvalue weighted by Crippen LogP contribution is 2.26. The minimum Gasteiger partial charge on any atom is -0.452 e. The second-order valence-electron chi connectivity index (χ2n) is 7.35. The Balaban J connectivity index is 1.48. The first-order valence-corrected chi connectivity index (χ1v) is 12.3. The summed E-state index contributed by atoms with van der Waals surface area (Å²) in [6.07, 6.45) is 1.81. The Morgan fingerprint density at radius 1 is 0.758 bits per heavy atom. The van der Waals surface area contributed by atoms with Crippen LogP contribution >= 0.6 is 22.7 Å². The van der Waals surface area contributed by atoms with Crippen molar-refractivity contribution < 1.29 is 14.3 Å². The lowest BCUT2D eigenvalue weighted by molar-refractivity contribution is -0.148. The quantitative estimate of drug-likeness (QED) is 0.217. The normalized spacial score (nSPS) is 11.2. The summed E-state index contributed by atoms with van der Waals surface area (Å²) >= 11 is 3.01. The van der Waals surface area contributed by atoms with Gasteiger partial charge in [0.1, 0.15) is 0 Å². The lowest BCUT2D eigenvalue weighted by atomic mass is 10.1. The van der Waals surface area contributed by atoms with Gasteiger partial charge in [-0.15, -0.1) is 22.7 Å². The molecule has 0 radical (unpaired) electrons. The van der Waals surface area contributed by atoms with Crippen LogP contribution in [0.5, 0.6) is 0 Å². The minimum absolute atomic E-state index is 0.238. The fraction of sp³-hybridized carbons (Fsp3) is 0.111. The van der Waals surface area contributed by atoms with Crippen LogP contribution in [-0.4, -0.2) is 23.4 Å². The number of nitrogens with zero attached hydrogens (tertiary/aromatic N) is 1. The first kappa shape index (κ1) is 22.7. The van der Waals surface area contributed by atoms with Crippen LogP contribution in [0, 0.1) is 0 Å². The fourth-order valence-electron chi connectivity index (χ4n) is 3.31. The molecule has 2 heterocycles. The number of thiophene rings is 2. The highest BCUT2D eigenvalue weighted by Gasteiger charge is 2.20. The van der Waals surface area contributed by atoms with Gasteiger partial charge in [-0.25, -0.2) is 4.79 Å². The third-order valence-electron chi connectivity index (χ3n) is 4.95. The molecule has 0 saturated heterocycles. The monoisotopic (exact) mass is 473 g/mol. The van der Waals surface area contributed by atoms with Gasteiger partial charge in [-0.1, -0.05) is 72.8 Å². The van der Waals surface area contributed by atoms with Gasteiger partial charge in [0.15, 0.2) is 6.61 Å². The van der Waals surface area contributed by atoms with Crippen molar-refractivity contribution in [1.29, 1.82) is 0 Å². The van der Waals surface area contributed by atoms with E-state index in [-0.39, 0.29) is 12.5 Å². The van der Waals surface area contributed by atoms with Crippen molar-refractivity contribution in [3.8, 4) is 0 Å². The predicted molar refractivity (Wildman–Crippen MR) is 135 cm³/mol. The van der Waals surface area contributed by atoms with Crippen LogP contribution in [0.3, 0.4) is 0 Å². The number of ether oxygens (including phenoxy) is 1. The number of esters is 1. The van der Waals surface area contributed by atoms with E-state index in [0.717, 1.165) is 20.9 Å². The number of amides is 1. The van der Waals surface area contributed by atoms with E-state index in [2.05, 4.69) is 0 Å². The number of benzene rings is 2. The van der Waals surface area contributed by atoms with Crippen molar-refractivity contribution in [3.05, 3.63) is 117 Å². The molecular weight excluding hydrogens is 450 g/mol. The van der Waals surface area contributed by atoms with Gasteiger partial charge in [0.05, 0.1) is 5.57 Å². The summed E-state index contributed by atoms with van der Waals surface area (Å²) in [4.78, 5) is 29.6. The zero-order chi connectivity index (χ0) is 22.9. The van der Waals surface area contributed by atoms with E-state index in [4.69, 9.17) is 4.74 Å². The Morgan fingerprint density at radius 2 is 1.36 bits per heavy atom. The smallest absolute Gasteiger partial charge is 0.340 e. The second kappa shape index (κ2) is 11.4. The Morgan fingerprint density at radius 3 is 1.91 bits per heavy atom. The first-order valence-electron chi connectivity index (χ1n) is 10.5. The largest absolute Gasteiger partial charge is 0.452 e. The second-order valence-corrected chi connectivity index (χ2v) is 9.27. The highest BCUT2D eigenvalue weighted by atomic mass is 32.1. The Labute approximate surface area is 201 Å². The number of rotatable bonds is 9. The van der Waals surface area contributed by atoms with Gasteiger partial charge < -0.3 is 9.64 Å². The summed E-state index contributed by atoms with van der Waals surface area (Å²) < 4.78 is 5.51. The molecule has 0 unspecified atom stereocenters. The summed E-state index contributed by atoms with van der Waals surface area (Å²) in [6.45, 7) is 0.565. The molecule has 0 aliphatic rings. The number of hydrogen-bond acceptors (Lipinski definition) is 5. The summed E-state index contributed by atoms with van der Waals surface area (Å²) in [5.74, 6) is -0.740. The molecule has 0 bridgehead atoms. The number of carbonyl (C=O) groups is 2. The van der Waals surface area contributed by atoms with E-state index in [0.29, 0.717) is 18.7 Å². The molecule has 2 aromatic carbocycles. The molecule has 4 rings (SSSR count). The summed E-state index contributed by atoms with van der Waals surface area (Å²) in [5.41, 5.74) is 2.49. The molecular formula is C27H23NO3S2. The Kier molecular flexibility index (Phi) is 7.85. The first-order chi connectivity index (χ1) is 16.2. The molecule has 4 aromatic rings. The van der Waals surface area contributed by atoms with E-state index in [1.54, 1.807) is 16.2 Å². The topological polar surface area (TPSA) is 46.6 Å². The van der Waals surface area contributed by atoms with Gasteiger partial charge in [0, 0.05) is 22.8 Å². The maximum Gasteiger partial charge on any atom is 0.340 e. The average Bonchev–Trinajstić information content (AvgIpc) is 3.56. The molecule has 4 nitrogen and oxygen atoms in total. The van der Waals surface area contributed by atoms with Crippen molar-refractivity contribution in [2.24, 2.45) is 0 Å². The van der Waals surface area contributed by atoms with Crippen LogP contribution < -0.4 is 0 Å². The van der Waals surface area contributed by atoms with Crippen LogP contribution in [0.15, 0.2) is 95.7 Å². The molecule has 0 N–H and O–H groups in total. The summed E-state index contributed by atoms with van der Waals surface area (Å²) in [7, 11) is 0. The maximum atomic E-state index is 13.1. The van der Waals surface area contributed by atoms with Gasteiger partial charge in [0.25, 0.3) is 5.91 Å². The molecule has 0 aliphatic heterocycles. The van der Waals surface area contributed by atoms with Crippen LogP contribution in [0.25, 0.3) is 11.6 Å². The fourth-order valence-corrected chi connectivity index (χ4v) is 4.70. The van der Waals surface area contributed by atoms with Crippen molar-refractivity contribution >= 4 is 46.2 Å². The summed E-state index contributed by atoms with van der Waals surface area (Å²) in [6, 6.07) is 27.3. The molecule has 0 saturated carbocycles. The Hall–Kier alpha value is -3.48. The molecule has 0 atom stereocenters. The molecule has 0 aliphatic carbocycles. The van der Waals surface area contributed by atoms with E-state index in [9.17, 15) is 9.59 Å². The zero-order valence-corrected chi connectivity index (χ0v) is 19.6. The lowest BCUT2D eigenvalue weighted by Crippen LogP contribution is -2.34. The van der Waals surface area contributed by atoms with E-state index >= 15 is 0 Å². The molecule has 2 aromatic heterocycles. The van der Waals surface area contributed by atoms with E-state index in [1.807, 2.05) is 102 Å². The van der Waals surface area contributed by atoms with Gasteiger partial charge >= 0.3 is 5.97 Å². The third kappa shape index (κ3) is 6.51. The van der Waals surface area contributed by atoms with Gasteiger partial charge in [-0.3, -0.25) is 4.79 Å². The van der Waals surface area contributed by atoms with Gasteiger partial charge in [-0.05, 0) is 40.1 Å². The minimum atomic E-state index is -0.501. The molecule has 0 spiro atoms. The van der Waals surface area contributed by atoms with Crippen molar-refractivity contribution in [2.45, 2.75) is 13.1 Å². The standard InChI is InChI=1S/C27H23NO3S2/c29-26(28(18-21-9-3-1-4-10-21)19-22-11-5-2-6-12-22)20-31-27(30)24(25-14-8-16-33-25)17-23-13-7-15-32-23/h1-17H,18-20H2. The van der Waals surface area contributed by atoms with Crippen LogP contribution in [0.1, 0.15) is 20.9 Å². The van der Waals surface area contributed by atoms with Crippen molar-refractivity contribution in [1.82, 2.24) is 4.90 Å². The molecule has 33 heavy (non-hydrogen) atoms. The van der Waals surface area contributed by atoms with Crippen LogP contribution in [0.2, 0.25) is 0 Å². The van der Waals surface area contributed by atoms with Crippen molar-refractivity contribution in [3.63, 3.8) is 0 Å². The van der Waals surface area contributed by atoms with Crippen molar-refractivity contribution in [2.75, 3.05) is 6.61 Å². The molecule has 6 heteroatoms. The highest BCUT2D eigenvalue weighted by molar-refractivity contribution is 7.12. The third-order valence-corrected chi connectivity index (χ3v) is 6.67. The zero-order valence-electron chi connectivity index (χ0n) is 17.9. The average molecular weight is 474 g/mol. The molecule has 0 fully saturated rings. The van der Waals surface area contributed by atoms with Crippen LogP contribution in [-0.2, 0) is 27.4 Å². The Bertz CT molecular complexity index is 1140. The summed E-state index contributed by atoms with van der Waals surface area (Å²) in [5, 5.41) is 3.87. The van der Waals surface area contributed by atoms with Crippen LogP contribution in [0.4, 0.5) is 0 Å². The SMILES string of the molecule is O=C(OCC(=O)N(Cc1ccccc1)Cc1ccccc1)C(=Cc1cccs1)c1cccs1. The molecule has 1 amide bonds. The van der Waals surface area contributed by atoms with Gasteiger partial charge in [0.2, 0.25) is 0 Å². The van der Waals surface area contributed by atoms with E-state index in [1.165, 1.54) is 11.3 Å². The predicted octanol–water partition coefficient (Wildman–Crippen LogP) is 6.12. The van der Waals surface area contributed by atoms with Gasteiger partial charge in [-0.2, -0.15) is 0 Å². The lowest BCUT2D eigenvalue weighted by Gasteiger charge is -2.23. The molecule has 166 valence electrons. The van der Waals surface area contributed by atoms with E-state index < -0.39 is 5.97 Å².